The molecule has 0 N–H and O–H groups in total. The van der Waals surface area contributed by atoms with Crippen molar-refractivity contribution in [3.05, 3.63) is 64.6 Å². The Morgan fingerprint density at radius 2 is 1.64 bits per heavy atom. The van der Waals surface area contributed by atoms with Gasteiger partial charge in [-0.25, -0.2) is 9.97 Å². The first-order chi connectivity index (χ1) is 18.1. The molecule has 0 aliphatic carbocycles. The second-order valence-corrected chi connectivity index (χ2v) is 11.2. The number of benzene rings is 1. The van der Waals surface area contributed by atoms with Crippen molar-refractivity contribution in [2.75, 3.05) is 32.7 Å². The monoisotopic (exact) mass is 571 g/mol. The number of aryl methyl sites for hydroxylation is 3. The number of halogens is 2. The van der Waals surface area contributed by atoms with Gasteiger partial charge in [0.25, 0.3) is 0 Å². The normalized spacial score (nSPS) is 17.4. The van der Waals surface area contributed by atoms with Crippen LogP contribution >= 0.6 is 24.8 Å². The number of piperidine rings is 2. The molecule has 0 radical (unpaired) electrons. The largest absolute Gasteiger partial charge is 0.308 e. The highest BCUT2D eigenvalue weighted by Gasteiger charge is 2.25. The van der Waals surface area contributed by atoms with E-state index < -0.39 is 0 Å². The minimum atomic E-state index is 0. The van der Waals surface area contributed by atoms with E-state index in [4.69, 9.17) is 9.97 Å². The Morgan fingerprint density at radius 3 is 2.33 bits per heavy atom. The Labute approximate surface area is 247 Å². The zero-order valence-electron chi connectivity index (χ0n) is 24.1. The summed E-state index contributed by atoms with van der Waals surface area (Å²) in [5, 5.41) is 0. The third kappa shape index (κ3) is 8.07. The third-order valence-corrected chi connectivity index (χ3v) is 8.31. The number of likely N-dealkylation sites (tertiary alicyclic amines) is 2. The van der Waals surface area contributed by atoms with E-state index in [9.17, 15) is 0 Å². The average Bonchev–Trinajstić information content (AvgIpc) is 3.26. The molecular formula is C32H47Cl2N5. The minimum Gasteiger partial charge on any atom is -0.308 e. The first-order valence-electron chi connectivity index (χ1n) is 14.7. The van der Waals surface area contributed by atoms with Crippen molar-refractivity contribution in [1.82, 2.24) is 24.3 Å². The fraction of sp³-hybridized carbons (Fsp3) is 0.562. The fourth-order valence-corrected chi connectivity index (χ4v) is 6.15. The van der Waals surface area contributed by atoms with E-state index in [0.29, 0.717) is 0 Å². The number of rotatable bonds is 9. The number of unbranched alkanes of at least 4 members (excludes halogenated alkanes) is 1. The first kappa shape index (κ1) is 31.6. The van der Waals surface area contributed by atoms with E-state index in [1.807, 2.05) is 0 Å². The molecule has 0 atom stereocenters. The van der Waals surface area contributed by atoms with Gasteiger partial charge in [0, 0.05) is 24.7 Å². The lowest BCUT2D eigenvalue weighted by molar-refractivity contribution is 0.0975. The summed E-state index contributed by atoms with van der Waals surface area (Å²) in [7, 11) is 0. The maximum atomic E-state index is 5.00. The number of aromatic nitrogens is 3. The molecule has 2 aromatic heterocycles. The molecule has 0 unspecified atom stereocenters. The van der Waals surface area contributed by atoms with E-state index in [1.54, 1.807) is 0 Å². The van der Waals surface area contributed by atoms with Crippen molar-refractivity contribution in [3.63, 3.8) is 0 Å². The Kier molecular flexibility index (Phi) is 12.3. The summed E-state index contributed by atoms with van der Waals surface area (Å²) in [5.41, 5.74) is 6.93. The summed E-state index contributed by atoms with van der Waals surface area (Å²) in [6, 6.07) is 12.0. The zero-order valence-corrected chi connectivity index (χ0v) is 25.7. The van der Waals surface area contributed by atoms with Gasteiger partial charge in [0.2, 0.25) is 0 Å². The van der Waals surface area contributed by atoms with Crippen LogP contribution in [0.25, 0.3) is 17.2 Å². The second-order valence-electron chi connectivity index (χ2n) is 11.2. The van der Waals surface area contributed by atoms with Crippen LogP contribution in [-0.4, -0.2) is 63.1 Å². The van der Waals surface area contributed by atoms with Crippen LogP contribution in [0.1, 0.15) is 80.1 Å². The standard InChI is InChI=1S/C32H45N5.2ClH/c1-4-5-11-30-34-31-25(2)23-26(3)33-32(31)37(30)24-28-14-12-27(13-15-28)10-9-18-35-21-16-29(17-22-35)36-19-7-6-8-20-36;;/h9-10,12-15,23,29H,4-8,11,16-22,24H2,1-3H3;2*1H/b10-9+;;. The summed E-state index contributed by atoms with van der Waals surface area (Å²) in [4.78, 5) is 15.3. The smallest absolute Gasteiger partial charge is 0.160 e. The lowest BCUT2D eigenvalue weighted by Crippen LogP contribution is -2.46. The van der Waals surface area contributed by atoms with Crippen LogP contribution in [0.3, 0.4) is 0 Å². The van der Waals surface area contributed by atoms with Crippen LogP contribution in [0.15, 0.2) is 36.4 Å². The molecule has 2 fully saturated rings. The quantitative estimate of drug-likeness (QED) is 0.271. The maximum absolute atomic E-state index is 5.00. The first-order valence-corrected chi connectivity index (χ1v) is 14.7. The van der Waals surface area contributed by atoms with Gasteiger partial charge in [0.15, 0.2) is 5.65 Å². The molecule has 0 amide bonds. The molecule has 5 nitrogen and oxygen atoms in total. The van der Waals surface area contributed by atoms with Crippen LogP contribution in [0.4, 0.5) is 0 Å². The zero-order chi connectivity index (χ0) is 25.6. The van der Waals surface area contributed by atoms with Crippen molar-refractivity contribution in [3.8, 4) is 0 Å². The number of nitrogens with zero attached hydrogens (tertiary/aromatic N) is 5. The van der Waals surface area contributed by atoms with Crippen LogP contribution in [0.5, 0.6) is 0 Å². The highest BCUT2D eigenvalue weighted by atomic mass is 35.5. The van der Waals surface area contributed by atoms with Crippen molar-refractivity contribution >= 4 is 42.1 Å². The summed E-state index contributed by atoms with van der Waals surface area (Å²) in [5.74, 6) is 1.16. The van der Waals surface area contributed by atoms with Gasteiger partial charge in [0.05, 0.1) is 6.54 Å². The number of imidazole rings is 1. The SMILES string of the molecule is CCCCc1nc2c(C)cc(C)nc2n1Cc1ccc(/C=C/CN2CCC(N3CCCCC3)CC2)cc1.Cl.Cl. The van der Waals surface area contributed by atoms with Gasteiger partial charge in [-0.05, 0) is 94.9 Å². The number of fused-ring (bicyclic) bond motifs is 1. The van der Waals surface area contributed by atoms with Gasteiger partial charge < -0.3 is 9.47 Å². The van der Waals surface area contributed by atoms with Crippen LogP contribution in [0, 0.1) is 13.8 Å². The Bertz CT molecular complexity index is 1190. The molecule has 4 heterocycles. The van der Waals surface area contributed by atoms with Gasteiger partial charge in [-0.2, -0.15) is 0 Å². The summed E-state index contributed by atoms with van der Waals surface area (Å²) in [6.07, 6.45) is 14.9. The molecule has 1 aromatic carbocycles. The van der Waals surface area contributed by atoms with Crippen LogP contribution < -0.4 is 0 Å². The van der Waals surface area contributed by atoms with Gasteiger partial charge in [-0.1, -0.05) is 56.2 Å². The topological polar surface area (TPSA) is 37.2 Å². The van der Waals surface area contributed by atoms with E-state index >= 15 is 0 Å². The predicted octanol–water partition coefficient (Wildman–Crippen LogP) is 7.25. The predicted molar refractivity (Wildman–Crippen MR) is 170 cm³/mol. The highest BCUT2D eigenvalue weighted by molar-refractivity contribution is 5.85. The molecule has 0 spiro atoms. The molecule has 0 saturated carbocycles. The average molecular weight is 573 g/mol. The van der Waals surface area contributed by atoms with Crippen LogP contribution in [0.2, 0.25) is 0 Å². The van der Waals surface area contributed by atoms with Crippen molar-refractivity contribution in [2.24, 2.45) is 0 Å². The summed E-state index contributed by atoms with van der Waals surface area (Å²) in [6.45, 7) is 13.5. The second kappa shape index (κ2) is 15.2. The molecule has 7 heteroatoms. The van der Waals surface area contributed by atoms with Crippen molar-refractivity contribution < 1.29 is 0 Å². The summed E-state index contributed by atoms with van der Waals surface area (Å²) < 4.78 is 2.34. The molecule has 2 aliphatic rings. The van der Waals surface area contributed by atoms with E-state index in [-0.39, 0.29) is 24.8 Å². The van der Waals surface area contributed by atoms with E-state index in [2.05, 4.69) is 77.6 Å². The van der Waals surface area contributed by atoms with Crippen LogP contribution in [-0.2, 0) is 13.0 Å². The lowest BCUT2D eigenvalue weighted by Gasteiger charge is -2.40. The van der Waals surface area contributed by atoms with Crippen molar-refractivity contribution in [1.29, 1.82) is 0 Å². The van der Waals surface area contributed by atoms with E-state index in [0.717, 1.165) is 54.7 Å². The molecule has 2 saturated heterocycles. The number of pyridine rings is 1. The van der Waals surface area contributed by atoms with Gasteiger partial charge in [-0.15, -0.1) is 24.8 Å². The Morgan fingerprint density at radius 1 is 0.923 bits per heavy atom. The molecule has 0 bridgehead atoms. The molecular weight excluding hydrogens is 525 g/mol. The van der Waals surface area contributed by atoms with Gasteiger partial charge >= 0.3 is 0 Å². The van der Waals surface area contributed by atoms with E-state index in [1.165, 1.54) is 81.4 Å². The Hall–Kier alpha value is -1.92. The van der Waals surface area contributed by atoms with Gasteiger partial charge in [-0.3, -0.25) is 4.90 Å². The minimum absolute atomic E-state index is 0. The molecule has 2 aliphatic heterocycles. The highest BCUT2D eigenvalue weighted by Crippen LogP contribution is 2.23. The number of hydrogen-bond donors (Lipinski definition) is 0. The fourth-order valence-electron chi connectivity index (χ4n) is 6.15. The third-order valence-electron chi connectivity index (χ3n) is 8.31. The summed E-state index contributed by atoms with van der Waals surface area (Å²) >= 11 is 0. The molecule has 3 aromatic rings. The lowest BCUT2D eigenvalue weighted by atomic mass is 10.00. The molecule has 5 rings (SSSR count). The molecule has 214 valence electrons. The van der Waals surface area contributed by atoms with Crippen molar-refractivity contribution in [2.45, 2.75) is 84.7 Å². The maximum Gasteiger partial charge on any atom is 0.160 e. The Balaban J connectivity index is 0.00000210. The van der Waals surface area contributed by atoms with Gasteiger partial charge in [0.1, 0.15) is 11.3 Å². The molecule has 39 heavy (non-hydrogen) atoms. The number of hydrogen-bond acceptors (Lipinski definition) is 4.